The highest BCUT2D eigenvalue weighted by Gasteiger charge is 1.98. The van der Waals surface area contributed by atoms with Crippen LogP contribution in [0, 0.1) is 5.82 Å². The van der Waals surface area contributed by atoms with Gasteiger partial charge >= 0.3 is 0 Å². The van der Waals surface area contributed by atoms with E-state index in [0.29, 0.717) is 6.54 Å². The number of aliphatic imine (C=N–C) groups is 1. The quantitative estimate of drug-likeness (QED) is 0.437. The molecule has 0 aliphatic rings. The standard InChI is InChI=1S/C15H24FN3O/c1-17-15(18-10-4-3-5-11-20-2)19-12-13-6-8-14(16)9-7-13/h6-9H,3-5,10-12H2,1-2H3,(H2,17,18,19). The smallest absolute Gasteiger partial charge is 0.191 e. The van der Waals surface area contributed by atoms with E-state index in [-0.39, 0.29) is 5.82 Å². The zero-order valence-corrected chi connectivity index (χ0v) is 12.3. The monoisotopic (exact) mass is 281 g/mol. The molecule has 0 saturated heterocycles. The molecule has 0 aliphatic heterocycles. The summed E-state index contributed by atoms with van der Waals surface area (Å²) in [6, 6.07) is 6.45. The lowest BCUT2D eigenvalue weighted by Gasteiger charge is -2.11. The molecule has 0 aliphatic carbocycles. The summed E-state index contributed by atoms with van der Waals surface area (Å²) >= 11 is 0. The number of nitrogens with zero attached hydrogens (tertiary/aromatic N) is 1. The molecule has 1 rings (SSSR count). The average molecular weight is 281 g/mol. The first-order valence-electron chi connectivity index (χ1n) is 6.94. The molecule has 20 heavy (non-hydrogen) atoms. The molecule has 4 nitrogen and oxygen atoms in total. The highest BCUT2D eigenvalue weighted by Crippen LogP contribution is 2.01. The molecule has 0 aromatic heterocycles. The molecule has 5 heteroatoms. The van der Waals surface area contributed by atoms with Crippen LogP contribution in [0.2, 0.25) is 0 Å². The zero-order valence-electron chi connectivity index (χ0n) is 12.3. The number of ether oxygens (including phenoxy) is 1. The molecule has 2 N–H and O–H groups in total. The fourth-order valence-corrected chi connectivity index (χ4v) is 1.76. The Bertz CT molecular complexity index is 393. The average Bonchev–Trinajstić information content (AvgIpc) is 2.47. The Morgan fingerprint density at radius 1 is 1.15 bits per heavy atom. The second kappa shape index (κ2) is 10.2. The Labute approximate surface area is 120 Å². The van der Waals surface area contributed by atoms with Crippen molar-refractivity contribution >= 4 is 5.96 Å². The summed E-state index contributed by atoms with van der Waals surface area (Å²) in [7, 11) is 3.46. The molecule has 0 unspecified atom stereocenters. The fourth-order valence-electron chi connectivity index (χ4n) is 1.76. The van der Waals surface area contributed by atoms with Crippen LogP contribution in [-0.2, 0) is 11.3 Å². The largest absolute Gasteiger partial charge is 0.385 e. The number of halogens is 1. The summed E-state index contributed by atoms with van der Waals surface area (Å²) in [5.41, 5.74) is 1.02. The molecule has 1 aromatic rings. The van der Waals surface area contributed by atoms with Gasteiger partial charge in [-0.1, -0.05) is 12.1 Å². The Kier molecular flexibility index (Phi) is 8.38. The highest BCUT2D eigenvalue weighted by molar-refractivity contribution is 5.79. The zero-order chi connectivity index (χ0) is 14.6. The minimum absolute atomic E-state index is 0.215. The lowest BCUT2D eigenvalue weighted by molar-refractivity contribution is 0.192. The van der Waals surface area contributed by atoms with E-state index in [1.165, 1.54) is 12.1 Å². The summed E-state index contributed by atoms with van der Waals surface area (Å²) in [5.74, 6) is 0.549. The van der Waals surface area contributed by atoms with Gasteiger partial charge in [-0.25, -0.2) is 4.39 Å². The SMILES string of the molecule is CN=C(NCCCCCOC)NCc1ccc(F)cc1. The lowest BCUT2D eigenvalue weighted by atomic mass is 10.2. The fraction of sp³-hybridized carbons (Fsp3) is 0.533. The van der Waals surface area contributed by atoms with E-state index in [9.17, 15) is 4.39 Å². The Morgan fingerprint density at radius 3 is 2.55 bits per heavy atom. The van der Waals surface area contributed by atoms with Crippen LogP contribution in [-0.4, -0.2) is 33.3 Å². The summed E-state index contributed by atoms with van der Waals surface area (Å²) in [4.78, 5) is 4.15. The first kappa shape index (κ1) is 16.4. The second-order valence-corrected chi connectivity index (χ2v) is 4.53. The van der Waals surface area contributed by atoms with Crippen LogP contribution in [0.1, 0.15) is 24.8 Å². The first-order chi connectivity index (χ1) is 9.76. The van der Waals surface area contributed by atoms with Gasteiger partial charge < -0.3 is 15.4 Å². The van der Waals surface area contributed by atoms with Crippen molar-refractivity contribution in [3.8, 4) is 0 Å². The van der Waals surface area contributed by atoms with Crippen LogP contribution < -0.4 is 10.6 Å². The Balaban J connectivity index is 2.18. The molecule has 0 heterocycles. The van der Waals surface area contributed by atoms with Gasteiger partial charge in [0.2, 0.25) is 0 Å². The molecule has 0 radical (unpaired) electrons. The third-order valence-corrected chi connectivity index (χ3v) is 2.91. The second-order valence-electron chi connectivity index (χ2n) is 4.53. The van der Waals surface area contributed by atoms with Crippen molar-refractivity contribution in [3.05, 3.63) is 35.6 Å². The number of hydrogen-bond acceptors (Lipinski definition) is 2. The van der Waals surface area contributed by atoms with Crippen LogP contribution in [0.5, 0.6) is 0 Å². The summed E-state index contributed by atoms with van der Waals surface area (Å²) in [5, 5.41) is 6.45. The maximum Gasteiger partial charge on any atom is 0.191 e. The maximum atomic E-state index is 12.8. The molecule has 0 bridgehead atoms. The molecule has 0 fully saturated rings. The van der Waals surface area contributed by atoms with Crippen molar-refractivity contribution in [2.24, 2.45) is 4.99 Å². The van der Waals surface area contributed by atoms with E-state index >= 15 is 0 Å². The third kappa shape index (κ3) is 7.09. The van der Waals surface area contributed by atoms with E-state index in [2.05, 4.69) is 15.6 Å². The maximum absolute atomic E-state index is 12.8. The molecule has 112 valence electrons. The summed E-state index contributed by atoms with van der Waals surface area (Å²) in [6.45, 7) is 2.33. The molecule has 0 saturated carbocycles. The topological polar surface area (TPSA) is 45.7 Å². The molecule has 0 atom stereocenters. The van der Waals surface area contributed by atoms with Crippen LogP contribution in [0.4, 0.5) is 4.39 Å². The van der Waals surface area contributed by atoms with E-state index in [1.807, 2.05) is 0 Å². The highest BCUT2D eigenvalue weighted by atomic mass is 19.1. The molecule has 0 amide bonds. The number of unbranched alkanes of at least 4 members (excludes halogenated alkanes) is 2. The van der Waals surface area contributed by atoms with Gasteiger partial charge in [-0.2, -0.15) is 0 Å². The number of benzene rings is 1. The molecular formula is C15H24FN3O. The van der Waals surface area contributed by atoms with E-state index in [4.69, 9.17) is 4.74 Å². The van der Waals surface area contributed by atoms with Crippen LogP contribution in [0.15, 0.2) is 29.3 Å². The van der Waals surface area contributed by atoms with Crippen LogP contribution in [0.25, 0.3) is 0 Å². The van der Waals surface area contributed by atoms with E-state index in [0.717, 1.165) is 43.9 Å². The van der Waals surface area contributed by atoms with Crippen LogP contribution in [0.3, 0.4) is 0 Å². The van der Waals surface area contributed by atoms with Crippen molar-refractivity contribution in [2.75, 3.05) is 27.3 Å². The number of nitrogens with one attached hydrogen (secondary N) is 2. The van der Waals surface area contributed by atoms with Gasteiger partial charge in [-0.05, 0) is 37.0 Å². The van der Waals surface area contributed by atoms with Gasteiger partial charge in [0.15, 0.2) is 5.96 Å². The van der Waals surface area contributed by atoms with E-state index in [1.54, 1.807) is 26.3 Å². The Morgan fingerprint density at radius 2 is 1.90 bits per heavy atom. The Hall–Kier alpha value is -1.62. The van der Waals surface area contributed by atoms with Crippen molar-refractivity contribution in [3.63, 3.8) is 0 Å². The number of guanidine groups is 1. The van der Waals surface area contributed by atoms with Crippen molar-refractivity contribution < 1.29 is 9.13 Å². The number of hydrogen-bond donors (Lipinski definition) is 2. The van der Waals surface area contributed by atoms with Gasteiger partial charge in [0, 0.05) is 33.9 Å². The van der Waals surface area contributed by atoms with Crippen molar-refractivity contribution in [2.45, 2.75) is 25.8 Å². The van der Waals surface area contributed by atoms with Crippen LogP contribution >= 0.6 is 0 Å². The van der Waals surface area contributed by atoms with Gasteiger partial charge in [-0.3, -0.25) is 4.99 Å². The molecular weight excluding hydrogens is 257 g/mol. The number of methoxy groups -OCH3 is 1. The minimum Gasteiger partial charge on any atom is -0.385 e. The van der Waals surface area contributed by atoms with Gasteiger partial charge in [0.25, 0.3) is 0 Å². The van der Waals surface area contributed by atoms with Gasteiger partial charge in [0.05, 0.1) is 0 Å². The minimum atomic E-state index is -0.215. The molecule has 1 aromatic carbocycles. The lowest BCUT2D eigenvalue weighted by Crippen LogP contribution is -2.37. The summed E-state index contributed by atoms with van der Waals surface area (Å²) < 4.78 is 17.8. The van der Waals surface area contributed by atoms with Crippen molar-refractivity contribution in [1.82, 2.24) is 10.6 Å². The third-order valence-electron chi connectivity index (χ3n) is 2.91. The normalized spacial score (nSPS) is 11.4. The predicted octanol–water partition coefficient (Wildman–Crippen LogP) is 2.31. The number of rotatable bonds is 8. The van der Waals surface area contributed by atoms with Crippen molar-refractivity contribution in [1.29, 1.82) is 0 Å². The van der Waals surface area contributed by atoms with Gasteiger partial charge in [-0.15, -0.1) is 0 Å². The van der Waals surface area contributed by atoms with Gasteiger partial charge in [0.1, 0.15) is 5.82 Å². The molecule has 0 spiro atoms. The van der Waals surface area contributed by atoms with E-state index < -0.39 is 0 Å². The predicted molar refractivity (Wildman–Crippen MR) is 80.3 cm³/mol. The summed E-state index contributed by atoms with van der Waals surface area (Å²) in [6.07, 6.45) is 3.30. The first-order valence-corrected chi connectivity index (χ1v) is 6.94.